The van der Waals surface area contributed by atoms with Crippen LogP contribution in [0.5, 0.6) is 0 Å². The fourth-order valence-electron chi connectivity index (χ4n) is 2.28. The Hall–Kier alpha value is -1.81. The second kappa shape index (κ2) is 6.76. The fourth-order valence-corrected chi connectivity index (χ4v) is 2.39. The molecule has 0 aliphatic heterocycles. The molecule has 5 heteroatoms. The number of nitrogens with zero attached hydrogens (tertiary/aromatic N) is 3. The SMILES string of the molecule is CCC(Cl)C(=O)N(c1ccccc1C)C(C)n1cccn1. The van der Waals surface area contributed by atoms with Crippen molar-refractivity contribution >= 4 is 23.2 Å². The van der Waals surface area contributed by atoms with Crippen LogP contribution in [-0.2, 0) is 4.79 Å². The molecule has 112 valence electrons. The molecule has 0 saturated carbocycles. The van der Waals surface area contributed by atoms with Crippen LogP contribution in [0.1, 0.15) is 32.0 Å². The Kier molecular flexibility index (Phi) is 5.02. The first-order valence-corrected chi connectivity index (χ1v) is 7.51. The lowest BCUT2D eigenvalue weighted by Crippen LogP contribution is -2.41. The highest BCUT2D eigenvalue weighted by Crippen LogP contribution is 2.28. The predicted octanol–water partition coefficient (Wildman–Crippen LogP) is 3.76. The summed E-state index contributed by atoms with van der Waals surface area (Å²) in [6, 6.07) is 9.65. The van der Waals surface area contributed by atoms with E-state index in [0.29, 0.717) is 6.42 Å². The van der Waals surface area contributed by atoms with E-state index in [1.165, 1.54) is 0 Å². The van der Waals surface area contributed by atoms with Gasteiger partial charge in [-0.15, -0.1) is 11.6 Å². The number of anilines is 1. The van der Waals surface area contributed by atoms with E-state index >= 15 is 0 Å². The summed E-state index contributed by atoms with van der Waals surface area (Å²) in [6.07, 6.45) is 3.91. The number of aryl methyl sites for hydroxylation is 1. The Morgan fingerprint density at radius 2 is 2.10 bits per heavy atom. The van der Waals surface area contributed by atoms with Crippen LogP contribution in [0, 0.1) is 6.92 Å². The van der Waals surface area contributed by atoms with Gasteiger partial charge in [-0.1, -0.05) is 25.1 Å². The molecule has 1 aromatic carbocycles. The maximum atomic E-state index is 12.7. The molecule has 0 bridgehead atoms. The first kappa shape index (κ1) is 15.6. The summed E-state index contributed by atoms with van der Waals surface area (Å²) in [5.74, 6) is -0.100. The molecule has 2 atom stereocenters. The number of carbonyl (C=O) groups excluding carboxylic acids is 1. The zero-order valence-electron chi connectivity index (χ0n) is 12.5. The van der Waals surface area contributed by atoms with Crippen LogP contribution in [0.3, 0.4) is 0 Å². The summed E-state index contributed by atoms with van der Waals surface area (Å²) in [6.45, 7) is 5.83. The zero-order valence-corrected chi connectivity index (χ0v) is 13.3. The molecule has 1 heterocycles. The summed E-state index contributed by atoms with van der Waals surface area (Å²) in [5, 5.41) is 3.70. The van der Waals surface area contributed by atoms with Crippen LogP contribution >= 0.6 is 11.6 Å². The highest BCUT2D eigenvalue weighted by molar-refractivity contribution is 6.32. The highest BCUT2D eigenvalue weighted by atomic mass is 35.5. The molecule has 1 amide bonds. The van der Waals surface area contributed by atoms with Crippen LogP contribution < -0.4 is 4.90 Å². The third-order valence-electron chi connectivity index (χ3n) is 3.52. The third kappa shape index (κ3) is 3.27. The molecule has 0 spiro atoms. The molecule has 1 aromatic heterocycles. The Bertz CT molecular complexity index is 597. The van der Waals surface area contributed by atoms with E-state index < -0.39 is 5.38 Å². The van der Waals surface area contributed by atoms with Gasteiger partial charge in [-0.2, -0.15) is 5.10 Å². The van der Waals surface area contributed by atoms with Crippen LogP contribution in [0.15, 0.2) is 42.7 Å². The standard InChI is InChI=1S/C16H20ClN3O/c1-4-14(17)16(21)20(13(3)19-11-7-10-18-19)15-9-6-5-8-12(15)2/h5-11,13-14H,4H2,1-3H3. The number of hydrogen-bond acceptors (Lipinski definition) is 2. The van der Waals surface area contributed by atoms with E-state index in [2.05, 4.69) is 5.10 Å². The van der Waals surface area contributed by atoms with E-state index in [0.717, 1.165) is 11.3 Å². The molecule has 0 aliphatic carbocycles. The van der Waals surface area contributed by atoms with Gasteiger partial charge in [0.05, 0.1) is 0 Å². The monoisotopic (exact) mass is 305 g/mol. The van der Waals surface area contributed by atoms with Gasteiger partial charge in [0.2, 0.25) is 5.91 Å². The summed E-state index contributed by atoms with van der Waals surface area (Å²) in [7, 11) is 0. The summed E-state index contributed by atoms with van der Waals surface area (Å²) < 4.78 is 1.75. The number of hydrogen-bond donors (Lipinski definition) is 0. The largest absolute Gasteiger partial charge is 0.288 e. The van der Waals surface area contributed by atoms with Crippen molar-refractivity contribution in [2.75, 3.05) is 4.90 Å². The molecule has 2 unspecified atom stereocenters. The van der Waals surface area contributed by atoms with Gasteiger partial charge in [0.1, 0.15) is 11.5 Å². The van der Waals surface area contributed by atoms with Gasteiger partial charge in [0, 0.05) is 18.1 Å². The Balaban J connectivity index is 2.44. The maximum absolute atomic E-state index is 12.7. The summed E-state index contributed by atoms with van der Waals surface area (Å²) in [5.41, 5.74) is 1.90. The Morgan fingerprint density at radius 1 is 1.38 bits per heavy atom. The van der Waals surface area contributed by atoms with Crippen LogP contribution in [0.4, 0.5) is 5.69 Å². The van der Waals surface area contributed by atoms with Crippen LogP contribution in [-0.4, -0.2) is 21.1 Å². The first-order valence-electron chi connectivity index (χ1n) is 7.08. The number of amides is 1. The minimum atomic E-state index is -0.539. The Labute approximate surface area is 130 Å². The fraction of sp³-hybridized carbons (Fsp3) is 0.375. The quantitative estimate of drug-likeness (QED) is 0.789. The van der Waals surface area contributed by atoms with E-state index in [9.17, 15) is 4.79 Å². The molecule has 2 rings (SSSR count). The third-order valence-corrected chi connectivity index (χ3v) is 4.02. The van der Waals surface area contributed by atoms with Crippen molar-refractivity contribution in [3.05, 3.63) is 48.3 Å². The number of rotatable bonds is 5. The van der Waals surface area contributed by atoms with Gasteiger partial charge in [-0.3, -0.25) is 9.69 Å². The van der Waals surface area contributed by atoms with Crippen molar-refractivity contribution in [2.24, 2.45) is 0 Å². The summed E-state index contributed by atoms with van der Waals surface area (Å²) >= 11 is 6.20. The van der Waals surface area contributed by atoms with Crippen molar-refractivity contribution in [3.63, 3.8) is 0 Å². The molecule has 0 N–H and O–H groups in total. The average molecular weight is 306 g/mol. The number of benzene rings is 1. The van der Waals surface area contributed by atoms with Crippen LogP contribution in [0.25, 0.3) is 0 Å². The minimum Gasteiger partial charge on any atom is -0.288 e. The lowest BCUT2D eigenvalue weighted by atomic mass is 10.1. The maximum Gasteiger partial charge on any atom is 0.246 e. The van der Waals surface area contributed by atoms with Gasteiger partial charge in [0.15, 0.2) is 0 Å². The minimum absolute atomic E-state index is 0.100. The topological polar surface area (TPSA) is 38.1 Å². The molecule has 0 radical (unpaired) electrons. The first-order chi connectivity index (χ1) is 10.1. The van der Waals surface area contributed by atoms with E-state index in [4.69, 9.17) is 11.6 Å². The van der Waals surface area contributed by atoms with Crippen molar-refractivity contribution in [1.29, 1.82) is 0 Å². The predicted molar refractivity (Wildman–Crippen MR) is 85.5 cm³/mol. The van der Waals surface area contributed by atoms with Crippen molar-refractivity contribution < 1.29 is 4.79 Å². The van der Waals surface area contributed by atoms with Crippen molar-refractivity contribution in [1.82, 2.24) is 9.78 Å². The molecule has 4 nitrogen and oxygen atoms in total. The van der Waals surface area contributed by atoms with Gasteiger partial charge < -0.3 is 0 Å². The van der Waals surface area contributed by atoms with Gasteiger partial charge in [-0.25, -0.2) is 4.68 Å². The van der Waals surface area contributed by atoms with E-state index in [1.54, 1.807) is 15.8 Å². The Morgan fingerprint density at radius 3 is 2.67 bits per heavy atom. The van der Waals surface area contributed by atoms with E-state index in [-0.39, 0.29) is 12.1 Å². The second-order valence-corrected chi connectivity index (χ2v) is 5.52. The van der Waals surface area contributed by atoms with Crippen molar-refractivity contribution in [2.45, 2.75) is 38.7 Å². The molecule has 0 aliphatic rings. The molecule has 21 heavy (non-hydrogen) atoms. The van der Waals surface area contributed by atoms with E-state index in [1.807, 2.05) is 57.3 Å². The molecular weight excluding hydrogens is 286 g/mol. The molecule has 0 saturated heterocycles. The summed E-state index contributed by atoms with van der Waals surface area (Å²) in [4.78, 5) is 14.4. The number of aromatic nitrogens is 2. The number of carbonyl (C=O) groups is 1. The number of alkyl halides is 1. The normalized spacial score (nSPS) is 13.7. The smallest absolute Gasteiger partial charge is 0.246 e. The highest BCUT2D eigenvalue weighted by Gasteiger charge is 2.28. The number of halogens is 1. The van der Waals surface area contributed by atoms with Gasteiger partial charge in [-0.05, 0) is 38.0 Å². The van der Waals surface area contributed by atoms with Crippen LogP contribution in [0.2, 0.25) is 0 Å². The number of para-hydroxylation sites is 1. The van der Waals surface area contributed by atoms with Gasteiger partial charge in [0.25, 0.3) is 0 Å². The molecule has 0 fully saturated rings. The lowest BCUT2D eigenvalue weighted by molar-refractivity contribution is -0.119. The second-order valence-electron chi connectivity index (χ2n) is 4.99. The average Bonchev–Trinajstić information content (AvgIpc) is 3.02. The zero-order chi connectivity index (χ0) is 15.4. The molecular formula is C16H20ClN3O. The lowest BCUT2D eigenvalue weighted by Gasteiger charge is -2.32. The molecule has 2 aromatic rings. The van der Waals surface area contributed by atoms with Gasteiger partial charge >= 0.3 is 0 Å². The van der Waals surface area contributed by atoms with Crippen molar-refractivity contribution in [3.8, 4) is 0 Å².